The first-order chi connectivity index (χ1) is 11.8. The van der Waals surface area contributed by atoms with E-state index < -0.39 is 10.0 Å². The highest BCUT2D eigenvalue weighted by molar-refractivity contribution is 7.88. The summed E-state index contributed by atoms with van der Waals surface area (Å²) in [5.74, 6) is -0.818. The number of hydrogen-bond acceptors (Lipinski definition) is 6. The first kappa shape index (κ1) is 17.5. The number of sulfonamides is 1. The van der Waals surface area contributed by atoms with Crippen LogP contribution in [0.5, 0.6) is 0 Å². The highest BCUT2D eigenvalue weighted by atomic mass is 32.2. The maximum absolute atomic E-state index is 12.9. The van der Waals surface area contributed by atoms with E-state index in [0.717, 1.165) is 6.26 Å². The van der Waals surface area contributed by atoms with Gasteiger partial charge in [-0.05, 0) is 37.1 Å². The van der Waals surface area contributed by atoms with Gasteiger partial charge in [-0.15, -0.1) is 5.10 Å². The van der Waals surface area contributed by atoms with Crippen LogP contribution in [0.4, 0.5) is 10.4 Å². The van der Waals surface area contributed by atoms with Crippen LogP contribution in [0, 0.1) is 11.7 Å². The molecule has 0 bridgehead atoms. The normalized spacial score (nSPS) is 16.7. The van der Waals surface area contributed by atoms with Gasteiger partial charge in [0.25, 0.3) is 0 Å². The summed E-state index contributed by atoms with van der Waals surface area (Å²) >= 11 is 0. The topological polar surface area (TPSA) is 105 Å². The average Bonchev–Trinajstić information content (AvgIpc) is 3.03. The van der Waals surface area contributed by atoms with Gasteiger partial charge in [0, 0.05) is 24.6 Å². The predicted octanol–water partition coefficient (Wildman–Crippen LogP) is 1.49. The molecule has 1 aliphatic rings. The fourth-order valence-corrected chi connectivity index (χ4v) is 3.51. The Morgan fingerprint density at radius 3 is 2.48 bits per heavy atom. The first-order valence-electron chi connectivity index (χ1n) is 7.68. The van der Waals surface area contributed by atoms with Crippen molar-refractivity contribution in [1.82, 2.24) is 14.5 Å². The van der Waals surface area contributed by atoms with Crippen molar-refractivity contribution in [2.75, 3.05) is 24.7 Å². The molecule has 1 amide bonds. The number of halogens is 1. The summed E-state index contributed by atoms with van der Waals surface area (Å²) in [5.41, 5.74) is 0.538. The SMILES string of the molecule is CS(=O)(=O)N1CCC(C(=O)Nc2nnc(-c3ccc(F)cc3)o2)CC1. The molecule has 0 atom stereocenters. The van der Waals surface area contributed by atoms with E-state index in [9.17, 15) is 17.6 Å². The number of carbonyl (C=O) groups excluding carboxylic acids is 1. The van der Waals surface area contributed by atoms with Crippen LogP contribution in [0.25, 0.3) is 11.5 Å². The number of aromatic nitrogens is 2. The molecule has 1 aromatic carbocycles. The molecule has 1 N–H and O–H groups in total. The Bertz CT molecular complexity index is 858. The number of nitrogens with zero attached hydrogens (tertiary/aromatic N) is 3. The second kappa shape index (κ2) is 6.89. The number of piperidine rings is 1. The molecular weight excluding hydrogens is 351 g/mol. The second-order valence-electron chi connectivity index (χ2n) is 5.84. The van der Waals surface area contributed by atoms with Gasteiger partial charge in [-0.3, -0.25) is 10.1 Å². The number of anilines is 1. The predicted molar refractivity (Wildman–Crippen MR) is 87.5 cm³/mol. The molecule has 0 aliphatic carbocycles. The largest absolute Gasteiger partial charge is 0.403 e. The third kappa shape index (κ3) is 4.20. The summed E-state index contributed by atoms with van der Waals surface area (Å²) in [4.78, 5) is 12.3. The Balaban J connectivity index is 1.60. The molecule has 0 radical (unpaired) electrons. The lowest BCUT2D eigenvalue weighted by molar-refractivity contribution is -0.121. The van der Waals surface area contributed by atoms with Crippen LogP contribution in [-0.4, -0.2) is 48.2 Å². The number of benzene rings is 1. The minimum atomic E-state index is -3.23. The summed E-state index contributed by atoms with van der Waals surface area (Å²) in [6, 6.07) is 5.49. The molecule has 25 heavy (non-hydrogen) atoms. The van der Waals surface area contributed by atoms with E-state index in [0.29, 0.717) is 31.5 Å². The molecule has 134 valence electrons. The number of amides is 1. The molecule has 3 rings (SSSR count). The molecule has 0 unspecified atom stereocenters. The van der Waals surface area contributed by atoms with Gasteiger partial charge in [0.15, 0.2) is 0 Å². The number of carbonyl (C=O) groups is 1. The number of rotatable bonds is 4. The van der Waals surface area contributed by atoms with Crippen LogP contribution in [0.1, 0.15) is 12.8 Å². The van der Waals surface area contributed by atoms with Crippen LogP contribution < -0.4 is 5.32 Å². The van der Waals surface area contributed by atoms with Gasteiger partial charge in [-0.2, -0.15) is 0 Å². The molecule has 2 heterocycles. The third-order valence-corrected chi connectivity index (χ3v) is 5.34. The Hall–Kier alpha value is -2.33. The van der Waals surface area contributed by atoms with E-state index in [4.69, 9.17) is 4.42 Å². The van der Waals surface area contributed by atoms with E-state index in [2.05, 4.69) is 15.5 Å². The van der Waals surface area contributed by atoms with E-state index in [-0.39, 0.29) is 29.5 Å². The monoisotopic (exact) mass is 368 g/mol. The maximum Gasteiger partial charge on any atom is 0.322 e. The van der Waals surface area contributed by atoms with Crippen molar-refractivity contribution in [1.29, 1.82) is 0 Å². The third-order valence-electron chi connectivity index (χ3n) is 4.04. The van der Waals surface area contributed by atoms with Gasteiger partial charge in [-0.1, -0.05) is 5.10 Å². The van der Waals surface area contributed by atoms with Gasteiger partial charge in [0.2, 0.25) is 21.8 Å². The Labute approximate surface area is 144 Å². The lowest BCUT2D eigenvalue weighted by atomic mass is 9.97. The summed E-state index contributed by atoms with van der Waals surface area (Å²) < 4.78 is 42.6. The molecule has 8 nitrogen and oxygen atoms in total. The Morgan fingerprint density at radius 2 is 1.88 bits per heavy atom. The van der Waals surface area contributed by atoms with Gasteiger partial charge in [-0.25, -0.2) is 17.1 Å². The van der Waals surface area contributed by atoms with E-state index in [1.54, 1.807) is 0 Å². The molecule has 1 saturated heterocycles. The molecule has 1 aliphatic heterocycles. The van der Waals surface area contributed by atoms with Crippen molar-refractivity contribution in [2.24, 2.45) is 5.92 Å². The molecule has 10 heteroatoms. The van der Waals surface area contributed by atoms with Gasteiger partial charge in [0.1, 0.15) is 5.82 Å². The second-order valence-corrected chi connectivity index (χ2v) is 7.83. The lowest BCUT2D eigenvalue weighted by Gasteiger charge is -2.29. The van der Waals surface area contributed by atoms with Crippen molar-refractivity contribution in [2.45, 2.75) is 12.8 Å². The fourth-order valence-electron chi connectivity index (χ4n) is 2.64. The maximum atomic E-state index is 12.9. The molecule has 1 aromatic heterocycles. The van der Waals surface area contributed by atoms with Crippen molar-refractivity contribution in [3.63, 3.8) is 0 Å². The van der Waals surface area contributed by atoms with Crippen LogP contribution in [0.2, 0.25) is 0 Å². The van der Waals surface area contributed by atoms with Crippen molar-refractivity contribution in [3.8, 4) is 11.5 Å². The highest BCUT2D eigenvalue weighted by Crippen LogP contribution is 2.23. The highest BCUT2D eigenvalue weighted by Gasteiger charge is 2.29. The van der Waals surface area contributed by atoms with E-state index >= 15 is 0 Å². The number of hydrogen-bond donors (Lipinski definition) is 1. The van der Waals surface area contributed by atoms with Gasteiger partial charge < -0.3 is 4.42 Å². The van der Waals surface area contributed by atoms with E-state index in [1.165, 1.54) is 28.6 Å². The van der Waals surface area contributed by atoms with Crippen LogP contribution in [0.3, 0.4) is 0 Å². The summed E-state index contributed by atoms with van der Waals surface area (Å²) in [5, 5.41) is 10.1. The van der Waals surface area contributed by atoms with Crippen LogP contribution >= 0.6 is 0 Å². The number of nitrogens with one attached hydrogen (secondary N) is 1. The summed E-state index contributed by atoms with van der Waals surface area (Å²) in [7, 11) is -3.23. The van der Waals surface area contributed by atoms with E-state index in [1.807, 2.05) is 0 Å². The Morgan fingerprint density at radius 1 is 1.24 bits per heavy atom. The fraction of sp³-hybridized carbons (Fsp3) is 0.400. The van der Waals surface area contributed by atoms with Crippen molar-refractivity contribution < 1.29 is 22.0 Å². The average molecular weight is 368 g/mol. The zero-order valence-electron chi connectivity index (χ0n) is 13.5. The molecular formula is C15H17FN4O4S. The van der Waals surface area contributed by atoms with Crippen LogP contribution in [0.15, 0.2) is 28.7 Å². The first-order valence-corrected chi connectivity index (χ1v) is 9.53. The summed E-state index contributed by atoms with van der Waals surface area (Å²) in [6.45, 7) is 0.614. The van der Waals surface area contributed by atoms with Crippen LogP contribution in [-0.2, 0) is 14.8 Å². The zero-order chi connectivity index (χ0) is 18.0. The minimum Gasteiger partial charge on any atom is -0.403 e. The summed E-state index contributed by atoms with van der Waals surface area (Å²) in [6.07, 6.45) is 2.01. The zero-order valence-corrected chi connectivity index (χ0v) is 14.3. The molecule has 0 saturated carbocycles. The van der Waals surface area contributed by atoms with Crippen molar-refractivity contribution >= 4 is 21.9 Å². The molecule has 2 aromatic rings. The smallest absolute Gasteiger partial charge is 0.322 e. The van der Waals surface area contributed by atoms with Gasteiger partial charge >= 0.3 is 6.01 Å². The quantitative estimate of drug-likeness (QED) is 0.876. The molecule has 1 fully saturated rings. The van der Waals surface area contributed by atoms with Gasteiger partial charge in [0.05, 0.1) is 6.26 Å². The lowest BCUT2D eigenvalue weighted by Crippen LogP contribution is -2.40. The standard InChI is InChI=1S/C15H17FN4O4S/c1-25(22,23)20-8-6-10(7-9-20)13(21)17-15-19-18-14(24-15)11-2-4-12(16)5-3-11/h2-5,10H,6-9H2,1H3,(H,17,19,21). The Kier molecular flexibility index (Phi) is 4.82. The van der Waals surface area contributed by atoms with Crippen molar-refractivity contribution in [3.05, 3.63) is 30.1 Å². The molecule has 0 spiro atoms. The minimum absolute atomic E-state index is 0.0464.